The minimum absolute atomic E-state index is 0.0360. The summed E-state index contributed by atoms with van der Waals surface area (Å²) in [5.74, 6) is -0.186. The van der Waals surface area contributed by atoms with Crippen molar-refractivity contribution in [2.75, 3.05) is 0 Å². The van der Waals surface area contributed by atoms with Crippen molar-refractivity contribution >= 4 is 17.2 Å². The van der Waals surface area contributed by atoms with E-state index >= 15 is 0 Å². The van der Waals surface area contributed by atoms with E-state index < -0.39 is 11.2 Å². The van der Waals surface area contributed by atoms with Gasteiger partial charge in [-0.25, -0.2) is 9.78 Å². The number of hydrogen-bond acceptors (Lipinski definition) is 5. The van der Waals surface area contributed by atoms with Gasteiger partial charge in [-0.2, -0.15) is 0 Å². The molecule has 29 heavy (non-hydrogen) atoms. The third-order valence-corrected chi connectivity index (χ3v) is 5.59. The van der Waals surface area contributed by atoms with Crippen LogP contribution in [0.1, 0.15) is 29.5 Å². The molecule has 1 aromatic carbocycles. The van der Waals surface area contributed by atoms with E-state index in [1.54, 1.807) is 18.0 Å². The number of H-pyrrole nitrogens is 1. The molecule has 0 saturated heterocycles. The normalized spacial score (nSPS) is 11.9. The first-order valence-corrected chi connectivity index (χ1v) is 10.3. The molecule has 0 radical (unpaired) electrons. The van der Waals surface area contributed by atoms with Crippen molar-refractivity contribution in [3.63, 3.8) is 0 Å². The molecule has 152 valence electrons. The Kier molecular flexibility index (Phi) is 6.77. The molecule has 0 fully saturated rings. The minimum Gasteiger partial charge on any atom is -0.332 e. The molecule has 0 unspecified atom stereocenters. The van der Waals surface area contributed by atoms with Gasteiger partial charge in [-0.1, -0.05) is 30.3 Å². The van der Waals surface area contributed by atoms with Crippen LogP contribution < -0.4 is 11.2 Å². The Balaban J connectivity index is 1.77. The Morgan fingerprint density at radius 1 is 1.28 bits per heavy atom. The summed E-state index contributed by atoms with van der Waals surface area (Å²) in [6.45, 7) is 3.88. The number of nitrogens with one attached hydrogen (secondary N) is 1. The summed E-state index contributed by atoms with van der Waals surface area (Å²) in [6.07, 6.45) is 4.78. The summed E-state index contributed by atoms with van der Waals surface area (Å²) in [5.41, 5.74) is 0.587. The summed E-state index contributed by atoms with van der Waals surface area (Å²) in [6, 6.07) is 10.1. The number of nitrogens with zero attached hydrogens (tertiary/aromatic N) is 3. The molecular formula is C21H24N4O3S. The third kappa shape index (κ3) is 5.51. The number of thiazole rings is 1. The maximum Gasteiger partial charge on any atom is 0.328 e. The molecule has 1 amide bonds. The van der Waals surface area contributed by atoms with Crippen LogP contribution in [0.3, 0.4) is 0 Å². The number of benzene rings is 1. The van der Waals surface area contributed by atoms with Crippen molar-refractivity contribution in [1.29, 1.82) is 0 Å². The second kappa shape index (κ2) is 9.47. The Morgan fingerprint density at radius 2 is 2.03 bits per heavy atom. The van der Waals surface area contributed by atoms with Crippen LogP contribution in [0.25, 0.3) is 0 Å². The molecule has 2 aromatic heterocycles. The van der Waals surface area contributed by atoms with Crippen LogP contribution in [0.2, 0.25) is 0 Å². The highest BCUT2D eigenvalue weighted by Crippen LogP contribution is 2.16. The second-order valence-corrected chi connectivity index (χ2v) is 8.00. The second-order valence-electron chi connectivity index (χ2n) is 7.02. The molecular weight excluding hydrogens is 388 g/mol. The van der Waals surface area contributed by atoms with Gasteiger partial charge in [-0.15, -0.1) is 11.3 Å². The summed E-state index contributed by atoms with van der Waals surface area (Å²) in [5, 5.41) is 2.72. The standard InChI is InChI=1S/C21H24N4O3S/c1-15-12-24(21(28)23-20(15)27)14-19(26)25(13-18-22-10-11-29-18)16(2)8-9-17-6-4-3-5-7-17/h3-7,10-12,16H,8-9,13-14H2,1-2H3,(H,23,27,28)/t16-/m1/s1. The predicted octanol–water partition coefficient (Wildman–Crippen LogP) is 2.35. The Labute approximate surface area is 172 Å². The fourth-order valence-electron chi connectivity index (χ4n) is 3.12. The van der Waals surface area contributed by atoms with E-state index in [0.717, 1.165) is 17.8 Å². The van der Waals surface area contributed by atoms with Gasteiger partial charge in [-0.05, 0) is 32.3 Å². The number of hydrogen-bond donors (Lipinski definition) is 1. The smallest absolute Gasteiger partial charge is 0.328 e. The van der Waals surface area contributed by atoms with Crippen molar-refractivity contribution in [3.05, 3.63) is 85.1 Å². The van der Waals surface area contributed by atoms with Crippen LogP contribution in [0, 0.1) is 6.92 Å². The summed E-state index contributed by atoms with van der Waals surface area (Å²) in [4.78, 5) is 45.0. The first kappa shape index (κ1) is 20.7. The average Bonchev–Trinajstić information content (AvgIpc) is 3.22. The SMILES string of the molecule is Cc1cn(CC(=O)N(Cc2nccs2)[C@H](C)CCc2ccccc2)c(=O)[nH]c1=O. The van der Waals surface area contributed by atoms with E-state index in [9.17, 15) is 14.4 Å². The van der Waals surface area contributed by atoms with Crippen molar-refractivity contribution in [2.24, 2.45) is 0 Å². The summed E-state index contributed by atoms with van der Waals surface area (Å²) in [7, 11) is 0. The third-order valence-electron chi connectivity index (χ3n) is 4.83. The lowest BCUT2D eigenvalue weighted by Gasteiger charge is -2.29. The van der Waals surface area contributed by atoms with Crippen molar-refractivity contribution in [1.82, 2.24) is 19.4 Å². The van der Waals surface area contributed by atoms with E-state index in [2.05, 4.69) is 22.1 Å². The summed E-state index contributed by atoms with van der Waals surface area (Å²) < 4.78 is 1.25. The number of carbonyl (C=O) groups is 1. The van der Waals surface area contributed by atoms with E-state index in [1.165, 1.54) is 27.7 Å². The molecule has 0 aliphatic heterocycles. The largest absolute Gasteiger partial charge is 0.332 e. The molecule has 1 N–H and O–H groups in total. The van der Waals surface area contributed by atoms with E-state index in [-0.39, 0.29) is 18.5 Å². The zero-order valence-electron chi connectivity index (χ0n) is 16.5. The first-order valence-electron chi connectivity index (χ1n) is 9.46. The van der Waals surface area contributed by atoms with Crippen LogP contribution in [-0.2, 0) is 24.3 Å². The van der Waals surface area contributed by atoms with Crippen LogP contribution in [0.4, 0.5) is 0 Å². The number of carbonyl (C=O) groups excluding carboxylic acids is 1. The first-order chi connectivity index (χ1) is 13.9. The topological polar surface area (TPSA) is 88.1 Å². The number of aromatic amines is 1. The van der Waals surface area contributed by atoms with Gasteiger partial charge >= 0.3 is 5.69 Å². The molecule has 8 heteroatoms. The highest BCUT2D eigenvalue weighted by molar-refractivity contribution is 7.09. The molecule has 7 nitrogen and oxygen atoms in total. The quantitative estimate of drug-likeness (QED) is 0.615. The number of aryl methyl sites for hydroxylation is 2. The zero-order valence-corrected chi connectivity index (χ0v) is 17.3. The molecule has 0 aliphatic rings. The van der Waals surface area contributed by atoms with Gasteiger partial charge in [-0.3, -0.25) is 19.1 Å². The van der Waals surface area contributed by atoms with Gasteiger partial charge in [0.05, 0.1) is 6.54 Å². The fourth-order valence-corrected chi connectivity index (χ4v) is 3.73. The lowest BCUT2D eigenvalue weighted by atomic mass is 10.1. The van der Waals surface area contributed by atoms with Gasteiger partial charge < -0.3 is 4.90 Å². The minimum atomic E-state index is -0.583. The zero-order chi connectivity index (χ0) is 20.8. The van der Waals surface area contributed by atoms with Crippen LogP contribution in [-0.4, -0.2) is 31.4 Å². The number of rotatable bonds is 8. The van der Waals surface area contributed by atoms with E-state index in [4.69, 9.17) is 0 Å². The molecule has 1 atom stereocenters. The van der Waals surface area contributed by atoms with Gasteiger partial charge in [0, 0.05) is 29.4 Å². The molecule has 0 saturated carbocycles. The van der Waals surface area contributed by atoms with Gasteiger partial charge in [0.1, 0.15) is 11.6 Å². The monoisotopic (exact) mass is 412 g/mol. The molecule has 2 heterocycles. The van der Waals surface area contributed by atoms with Crippen molar-refractivity contribution in [2.45, 2.75) is 45.8 Å². The van der Waals surface area contributed by atoms with Crippen molar-refractivity contribution < 1.29 is 4.79 Å². The van der Waals surface area contributed by atoms with Gasteiger partial charge in [0.15, 0.2) is 0 Å². The Hall–Kier alpha value is -3.00. The average molecular weight is 413 g/mol. The maximum absolute atomic E-state index is 13.1. The summed E-state index contributed by atoms with van der Waals surface area (Å²) >= 11 is 1.49. The lowest BCUT2D eigenvalue weighted by molar-refractivity contribution is -0.134. The maximum atomic E-state index is 13.1. The Bertz CT molecular complexity index is 1060. The highest BCUT2D eigenvalue weighted by atomic mass is 32.1. The molecule has 3 rings (SSSR count). The lowest BCUT2D eigenvalue weighted by Crippen LogP contribution is -2.42. The van der Waals surface area contributed by atoms with Crippen molar-refractivity contribution in [3.8, 4) is 0 Å². The predicted molar refractivity (Wildman–Crippen MR) is 113 cm³/mol. The highest BCUT2D eigenvalue weighted by Gasteiger charge is 2.22. The van der Waals surface area contributed by atoms with E-state index in [1.807, 2.05) is 30.5 Å². The van der Waals surface area contributed by atoms with Gasteiger partial charge in [0.25, 0.3) is 5.56 Å². The molecule has 3 aromatic rings. The fraction of sp³-hybridized carbons (Fsp3) is 0.333. The van der Waals surface area contributed by atoms with E-state index in [0.29, 0.717) is 12.1 Å². The molecule has 0 bridgehead atoms. The van der Waals surface area contributed by atoms with Crippen LogP contribution >= 0.6 is 11.3 Å². The Morgan fingerprint density at radius 3 is 2.72 bits per heavy atom. The van der Waals surface area contributed by atoms with Crippen LogP contribution in [0.5, 0.6) is 0 Å². The van der Waals surface area contributed by atoms with Gasteiger partial charge in [0.2, 0.25) is 5.91 Å². The number of amides is 1. The molecule has 0 spiro atoms. The number of aromatic nitrogens is 3. The van der Waals surface area contributed by atoms with Crippen LogP contribution in [0.15, 0.2) is 57.7 Å². The molecule has 0 aliphatic carbocycles.